The van der Waals surface area contributed by atoms with E-state index in [1.807, 2.05) is 0 Å². The Morgan fingerprint density at radius 1 is 1.48 bits per heavy atom. The molecule has 1 aromatic carbocycles. The van der Waals surface area contributed by atoms with Gasteiger partial charge >= 0.3 is 5.97 Å². The maximum Gasteiger partial charge on any atom is 0.305 e. The van der Waals surface area contributed by atoms with Crippen LogP contribution in [0.2, 0.25) is 0 Å². The molecule has 0 amide bonds. The van der Waals surface area contributed by atoms with Gasteiger partial charge in [0.1, 0.15) is 5.75 Å². The van der Waals surface area contributed by atoms with Gasteiger partial charge in [-0.25, -0.2) is 13.1 Å². The molecule has 0 atom stereocenters. The summed E-state index contributed by atoms with van der Waals surface area (Å²) in [5.74, 6) is -0.480. The lowest BCUT2D eigenvalue weighted by molar-refractivity contribution is -0.139. The quantitative estimate of drug-likeness (QED) is 0.791. The highest BCUT2D eigenvalue weighted by atomic mass is 79.9. The summed E-state index contributed by atoms with van der Waals surface area (Å²) in [5, 5.41) is 8.94. The van der Waals surface area contributed by atoms with E-state index in [-0.39, 0.29) is 11.3 Å². The molecular weight excluding hydrogens is 362 g/mol. The minimum Gasteiger partial charge on any atom is -0.496 e. The molecule has 0 bridgehead atoms. The van der Waals surface area contributed by atoms with Crippen LogP contribution in [0.3, 0.4) is 0 Å². The van der Waals surface area contributed by atoms with Gasteiger partial charge in [0.15, 0.2) is 0 Å². The predicted molar refractivity (Wildman–Crippen MR) is 79.9 cm³/mol. The van der Waals surface area contributed by atoms with Gasteiger partial charge in [0.25, 0.3) is 0 Å². The first-order chi connectivity index (χ1) is 9.78. The van der Waals surface area contributed by atoms with E-state index in [2.05, 4.69) is 20.7 Å². The van der Waals surface area contributed by atoms with Gasteiger partial charge in [-0.2, -0.15) is 0 Å². The molecule has 6 nitrogen and oxygen atoms in total. The van der Waals surface area contributed by atoms with Crippen molar-refractivity contribution in [3.05, 3.63) is 22.7 Å². The summed E-state index contributed by atoms with van der Waals surface area (Å²) in [6.07, 6.45) is 1.69. The maximum absolute atomic E-state index is 12.4. The number of hydrogen-bond acceptors (Lipinski definition) is 4. The SMILES string of the molecule is COc1ccc(S(=O)(=O)NC2(CC(=O)O)CCC2)cc1Br. The second-order valence-electron chi connectivity index (χ2n) is 5.11. The van der Waals surface area contributed by atoms with Gasteiger partial charge in [-0.15, -0.1) is 0 Å². The Hall–Kier alpha value is -1.12. The standard InChI is InChI=1S/C13H16BrNO5S/c1-20-11-4-3-9(7-10(11)14)21(18,19)15-13(5-2-6-13)8-12(16)17/h3-4,7,15H,2,5-6,8H2,1H3,(H,16,17). The first-order valence-electron chi connectivity index (χ1n) is 6.37. The van der Waals surface area contributed by atoms with Gasteiger partial charge in [-0.05, 0) is 53.4 Å². The molecule has 1 aliphatic rings. The van der Waals surface area contributed by atoms with Crippen LogP contribution < -0.4 is 9.46 Å². The van der Waals surface area contributed by atoms with Crippen LogP contribution in [0.4, 0.5) is 0 Å². The first kappa shape index (κ1) is 16.3. The second-order valence-corrected chi connectivity index (χ2v) is 7.64. The van der Waals surface area contributed by atoms with Gasteiger partial charge in [-0.3, -0.25) is 4.79 Å². The fourth-order valence-corrected chi connectivity index (χ4v) is 4.54. The van der Waals surface area contributed by atoms with Gasteiger partial charge in [0.05, 0.1) is 22.9 Å². The number of benzene rings is 1. The summed E-state index contributed by atoms with van der Waals surface area (Å²) < 4.78 is 32.9. The Kier molecular flexibility index (Phi) is 4.60. The van der Waals surface area contributed by atoms with E-state index in [9.17, 15) is 13.2 Å². The van der Waals surface area contributed by atoms with Crippen LogP contribution in [0, 0.1) is 0 Å². The van der Waals surface area contributed by atoms with Crippen LogP contribution >= 0.6 is 15.9 Å². The lowest BCUT2D eigenvalue weighted by Crippen LogP contribution is -2.54. The Bertz CT molecular complexity index is 655. The van der Waals surface area contributed by atoms with Gasteiger partial charge in [0.2, 0.25) is 10.0 Å². The highest BCUT2D eigenvalue weighted by Gasteiger charge is 2.42. The van der Waals surface area contributed by atoms with Crippen molar-refractivity contribution in [2.24, 2.45) is 0 Å². The topological polar surface area (TPSA) is 92.7 Å². The Morgan fingerprint density at radius 3 is 2.57 bits per heavy atom. The first-order valence-corrected chi connectivity index (χ1v) is 8.65. The van der Waals surface area contributed by atoms with Crippen LogP contribution in [0.1, 0.15) is 25.7 Å². The molecule has 0 heterocycles. The monoisotopic (exact) mass is 377 g/mol. The number of carbonyl (C=O) groups is 1. The zero-order chi connectivity index (χ0) is 15.7. The predicted octanol–water partition coefficient (Wildman–Crippen LogP) is 2.13. The largest absolute Gasteiger partial charge is 0.496 e. The molecule has 116 valence electrons. The van der Waals surface area contributed by atoms with Crippen LogP contribution in [0.25, 0.3) is 0 Å². The van der Waals surface area contributed by atoms with Gasteiger partial charge < -0.3 is 9.84 Å². The highest BCUT2D eigenvalue weighted by Crippen LogP contribution is 2.37. The maximum atomic E-state index is 12.4. The van der Waals surface area contributed by atoms with E-state index in [1.165, 1.54) is 19.2 Å². The summed E-state index contributed by atoms with van der Waals surface area (Å²) in [6.45, 7) is 0. The number of carboxylic acid groups (broad SMARTS) is 1. The number of nitrogens with one attached hydrogen (secondary N) is 1. The highest BCUT2D eigenvalue weighted by molar-refractivity contribution is 9.10. The molecule has 0 unspecified atom stereocenters. The zero-order valence-electron chi connectivity index (χ0n) is 11.4. The van der Waals surface area contributed by atoms with E-state index in [0.29, 0.717) is 23.1 Å². The lowest BCUT2D eigenvalue weighted by atomic mass is 9.75. The lowest BCUT2D eigenvalue weighted by Gasteiger charge is -2.40. The van der Waals surface area contributed by atoms with Crippen molar-refractivity contribution in [1.82, 2.24) is 4.72 Å². The summed E-state index contributed by atoms with van der Waals surface area (Å²) in [6, 6.07) is 4.41. The summed E-state index contributed by atoms with van der Waals surface area (Å²) >= 11 is 3.24. The number of ether oxygens (including phenoxy) is 1. The molecule has 0 radical (unpaired) electrons. The molecule has 0 aromatic heterocycles. The Balaban J connectivity index is 2.25. The minimum absolute atomic E-state index is 0.0758. The summed E-state index contributed by atoms with van der Waals surface area (Å²) in [4.78, 5) is 11.0. The molecule has 0 spiro atoms. The van der Waals surface area contributed by atoms with E-state index < -0.39 is 21.5 Å². The number of methoxy groups -OCH3 is 1. The number of hydrogen-bond donors (Lipinski definition) is 2. The second kappa shape index (κ2) is 5.94. The minimum atomic E-state index is -3.77. The normalized spacial score (nSPS) is 17.0. The van der Waals surface area contributed by atoms with Crippen molar-refractivity contribution >= 4 is 31.9 Å². The average Bonchev–Trinajstić information content (AvgIpc) is 2.35. The number of rotatable bonds is 6. The molecule has 0 saturated heterocycles. The fourth-order valence-electron chi connectivity index (χ4n) is 2.37. The van der Waals surface area contributed by atoms with Crippen LogP contribution in [0.15, 0.2) is 27.6 Å². The third-order valence-electron chi connectivity index (χ3n) is 3.58. The summed E-state index contributed by atoms with van der Waals surface area (Å²) in [7, 11) is -2.28. The van der Waals surface area contributed by atoms with E-state index in [1.54, 1.807) is 6.07 Å². The van der Waals surface area contributed by atoms with Crippen molar-refractivity contribution in [3.8, 4) is 5.75 Å². The zero-order valence-corrected chi connectivity index (χ0v) is 13.8. The summed E-state index contributed by atoms with van der Waals surface area (Å²) in [5.41, 5.74) is -0.864. The molecule has 1 fully saturated rings. The van der Waals surface area contributed by atoms with Crippen molar-refractivity contribution in [2.45, 2.75) is 36.1 Å². The van der Waals surface area contributed by atoms with Crippen molar-refractivity contribution < 1.29 is 23.1 Å². The smallest absolute Gasteiger partial charge is 0.305 e. The van der Waals surface area contributed by atoms with Gasteiger partial charge in [0, 0.05) is 5.54 Å². The molecule has 8 heteroatoms. The third kappa shape index (κ3) is 3.56. The number of sulfonamides is 1. The molecule has 2 N–H and O–H groups in total. The van der Waals surface area contributed by atoms with E-state index >= 15 is 0 Å². The van der Waals surface area contributed by atoms with Crippen molar-refractivity contribution in [1.29, 1.82) is 0 Å². The third-order valence-corrected chi connectivity index (χ3v) is 5.78. The molecule has 1 saturated carbocycles. The Morgan fingerprint density at radius 2 is 2.14 bits per heavy atom. The van der Waals surface area contributed by atoms with Crippen LogP contribution in [0.5, 0.6) is 5.75 Å². The Labute approximate surface area is 131 Å². The average molecular weight is 378 g/mol. The van der Waals surface area contributed by atoms with Crippen LogP contribution in [-0.4, -0.2) is 32.1 Å². The van der Waals surface area contributed by atoms with Crippen molar-refractivity contribution in [3.63, 3.8) is 0 Å². The fraction of sp³-hybridized carbons (Fsp3) is 0.462. The molecular formula is C13H16BrNO5S. The number of halogens is 1. The molecule has 21 heavy (non-hydrogen) atoms. The molecule has 2 rings (SSSR count). The van der Waals surface area contributed by atoms with Gasteiger partial charge in [-0.1, -0.05) is 0 Å². The number of aliphatic carboxylic acids is 1. The van der Waals surface area contributed by atoms with E-state index in [0.717, 1.165) is 6.42 Å². The van der Waals surface area contributed by atoms with Crippen molar-refractivity contribution in [2.75, 3.05) is 7.11 Å². The van der Waals surface area contributed by atoms with E-state index in [4.69, 9.17) is 9.84 Å². The molecule has 1 aromatic rings. The molecule has 1 aliphatic carbocycles. The van der Waals surface area contributed by atoms with Crippen LogP contribution in [-0.2, 0) is 14.8 Å². The molecule has 0 aliphatic heterocycles. The number of carboxylic acids is 1.